The molecule has 5 heteroatoms. The van der Waals surface area contributed by atoms with Gasteiger partial charge in [-0.05, 0) is 36.2 Å². The van der Waals surface area contributed by atoms with E-state index in [0.29, 0.717) is 0 Å². The number of H-pyrrole nitrogens is 1. The van der Waals surface area contributed by atoms with Crippen LogP contribution in [0.25, 0.3) is 21.8 Å². The van der Waals surface area contributed by atoms with E-state index < -0.39 is 0 Å². The second-order valence-electron chi connectivity index (χ2n) is 6.09. The number of rotatable bonds is 4. The average Bonchev–Trinajstić information content (AvgIpc) is 2.64. The Balaban J connectivity index is 0.00000196. The van der Waals surface area contributed by atoms with Crippen molar-refractivity contribution in [3.05, 3.63) is 72.3 Å². The summed E-state index contributed by atoms with van der Waals surface area (Å²) in [6.07, 6.45) is 0.745. The van der Waals surface area contributed by atoms with E-state index in [2.05, 4.69) is 34.6 Å². The van der Waals surface area contributed by atoms with Gasteiger partial charge in [0.25, 0.3) is 0 Å². The van der Waals surface area contributed by atoms with Crippen molar-refractivity contribution in [2.75, 3.05) is 11.9 Å². The number of aromatic amines is 1. The van der Waals surface area contributed by atoms with E-state index >= 15 is 0 Å². The van der Waals surface area contributed by atoms with Gasteiger partial charge in [-0.25, -0.2) is 4.98 Å². The number of hydrogen-bond donors (Lipinski definition) is 3. The van der Waals surface area contributed by atoms with Crippen LogP contribution in [-0.4, -0.2) is 16.8 Å². The number of phenolic OH excluding ortho intramolecular Hbond substituents is 2. The highest BCUT2D eigenvalue weighted by atomic mass is 35.5. The van der Waals surface area contributed by atoms with Gasteiger partial charge >= 0.3 is 0 Å². The lowest BCUT2D eigenvalue weighted by Gasteiger charge is -2.11. The first-order chi connectivity index (χ1) is 12.2. The van der Waals surface area contributed by atoms with Gasteiger partial charge in [0.2, 0.25) is 11.0 Å². The fraction of sp³-hybridized carbons (Fsp3) is 0.0952. The standard InChI is InChI=1S/C21H18N2O2.ClH/c24-19-10-9-14(13-20(19)25)11-12-22-21-15-5-1-3-7-17(15)23-18-8-4-2-6-16(18)21;/h1-10,13,24-25H,11-12H2,(H,22,23);1H. The molecule has 1 aromatic heterocycles. The van der Waals surface area contributed by atoms with E-state index in [0.717, 1.165) is 46.0 Å². The Labute approximate surface area is 157 Å². The van der Waals surface area contributed by atoms with Crippen molar-refractivity contribution >= 4 is 27.5 Å². The Hall–Kier alpha value is -2.98. The molecule has 0 unspecified atom stereocenters. The molecule has 132 valence electrons. The van der Waals surface area contributed by atoms with Gasteiger partial charge in [-0.15, -0.1) is 0 Å². The summed E-state index contributed by atoms with van der Waals surface area (Å²) in [4.78, 5) is 3.47. The lowest BCUT2D eigenvalue weighted by molar-refractivity contribution is -0.310. The van der Waals surface area contributed by atoms with Crippen LogP contribution in [0.5, 0.6) is 11.5 Å². The number of fused-ring (bicyclic) bond motifs is 2. The van der Waals surface area contributed by atoms with Gasteiger partial charge in [-0.1, -0.05) is 30.3 Å². The van der Waals surface area contributed by atoms with Crippen molar-refractivity contribution in [1.29, 1.82) is 0 Å². The number of phenols is 2. The first kappa shape index (κ1) is 17.8. The van der Waals surface area contributed by atoms with E-state index in [9.17, 15) is 10.2 Å². The summed E-state index contributed by atoms with van der Waals surface area (Å²) in [5, 5.41) is 24.9. The normalized spacial score (nSPS) is 10.6. The van der Waals surface area contributed by atoms with E-state index in [4.69, 9.17) is 0 Å². The molecule has 3 aromatic carbocycles. The van der Waals surface area contributed by atoms with Crippen LogP contribution >= 0.6 is 0 Å². The van der Waals surface area contributed by atoms with Gasteiger partial charge in [-0.3, -0.25) is 0 Å². The zero-order valence-electron chi connectivity index (χ0n) is 14.0. The van der Waals surface area contributed by atoms with Crippen molar-refractivity contribution in [2.24, 2.45) is 0 Å². The van der Waals surface area contributed by atoms with Crippen LogP contribution < -0.4 is 22.7 Å². The van der Waals surface area contributed by atoms with Gasteiger partial charge in [0.15, 0.2) is 11.5 Å². The number of halogens is 1. The zero-order valence-corrected chi connectivity index (χ0v) is 14.8. The summed E-state index contributed by atoms with van der Waals surface area (Å²) in [6.45, 7) is 0.724. The van der Waals surface area contributed by atoms with Crippen LogP contribution in [0.15, 0.2) is 66.7 Å². The van der Waals surface area contributed by atoms with Gasteiger partial charge in [0, 0.05) is 18.7 Å². The molecule has 0 aliphatic carbocycles. The van der Waals surface area contributed by atoms with Crippen LogP contribution in [0, 0.1) is 0 Å². The first-order valence-electron chi connectivity index (χ1n) is 8.30. The molecule has 0 aliphatic rings. The topological polar surface area (TPSA) is 66.6 Å². The third-order valence-corrected chi connectivity index (χ3v) is 4.42. The number of benzene rings is 3. The molecule has 0 bridgehead atoms. The first-order valence-corrected chi connectivity index (χ1v) is 8.30. The molecular weight excluding hydrogens is 348 g/mol. The predicted molar refractivity (Wildman–Crippen MR) is 100.0 cm³/mol. The smallest absolute Gasteiger partial charge is 0.213 e. The molecule has 0 radical (unpaired) electrons. The Morgan fingerprint density at radius 1 is 0.769 bits per heavy atom. The third kappa shape index (κ3) is 3.37. The summed E-state index contributed by atoms with van der Waals surface area (Å²) in [6, 6.07) is 21.4. The van der Waals surface area contributed by atoms with Crippen molar-refractivity contribution in [2.45, 2.75) is 6.42 Å². The SMILES string of the molecule is Oc1ccc(CCNc2c3ccccc3[nH+]c3ccccc23)cc1O.[Cl-]. The maximum atomic E-state index is 9.62. The van der Waals surface area contributed by atoms with Crippen LogP contribution in [0.2, 0.25) is 0 Å². The third-order valence-electron chi connectivity index (χ3n) is 4.42. The van der Waals surface area contributed by atoms with Gasteiger partial charge < -0.3 is 27.9 Å². The molecule has 4 aromatic rings. The number of aromatic nitrogens is 1. The second kappa shape index (κ2) is 7.50. The van der Waals surface area contributed by atoms with E-state index in [1.54, 1.807) is 6.07 Å². The molecule has 0 saturated carbocycles. The number of pyridine rings is 1. The van der Waals surface area contributed by atoms with Crippen LogP contribution in [-0.2, 0) is 6.42 Å². The maximum absolute atomic E-state index is 9.62. The lowest BCUT2D eigenvalue weighted by atomic mass is 10.1. The fourth-order valence-corrected chi connectivity index (χ4v) is 3.16. The highest BCUT2D eigenvalue weighted by molar-refractivity contribution is 6.04. The van der Waals surface area contributed by atoms with Crippen LogP contribution in [0.4, 0.5) is 5.69 Å². The fourth-order valence-electron chi connectivity index (χ4n) is 3.16. The van der Waals surface area contributed by atoms with Crippen LogP contribution in [0.3, 0.4) is 0 Å². The molecule has 0 aliphatic heterocycles. The number of aromatic hydroxyl groups is 2. The lowest BCUT2D eigenvalue weighted by Crippen LogP contribution is -3.00. The van der Waals surface area contributed by atoms with E-state index in [-0.39, 0.29) is 23.9 Å². The molecule has 26 heavy (non-hydrogen) atoms. The van der Waals surface area contributed by atoms with Crippen molar-refractivity contribution in [3.63, 3.8) is 0 Å². The van der Waals surface area contributed by atoms with Gasteiger partial charge in [-0.2, -0.15) is 0 Å². The molecule has 4 N–H and O–H groups in total. The maximum Gasteiger partial charge on any atom is 0.213 e. The summed E-state index contributed by atoms with van der Waals surface area (Å²) < 4.78 is 0. The minimum atomic E-state index is -0.0905. The molecular formula is C21H19ClN2O2. The average molecular weight is 367 g/mol. The minimum absolute atomic E-state index is 0. The minimum Gasteiger partial charge on any atom is -1.00 e. The van der Waals surface area contributed by atoms with E-state index in [1.807, 2.05) is 30.3 Å². The quantitative estimate of drug-likeness (QED) is 0.371. The molecule has 0 amide bonds. The molecule has 1 heterocycles. The molecule has 4 nitrogen and oxygen atoms in total. The highest BCUT2D eigenvalue weighted by Crippen LogP contribution is 2.29. The summed E-state index contributed by atoms with van der Waals surface area (Å²) in [5.41, 5.74) is 4.25. The number of hydrogen-bond acceptors (Lipinski definition) is 3. The molecule has 0 fully saturated rings. The summed E-state index contributed by atoms with van der Waals surface area (Å²) in [7, 11) is 0. The largest absolute Gasteiger partial charge is 1.00 e. The number of para-hydroxylation sites is 2. The Morgan fingerprint density at radius 3 is 2.00 bits per heavy atom. The molecule has 4 rings (SSSR count). The van der Waals surface area contributed by atoms with Crippen LogP contribution in [0.1, 0.15) is 5.56 Å². The molecule has 0 saturated heterocycles. The van der Waals surface area contributed by atoms with E-state index in [1.165, 1.54) is 6.07 Å². The van der Waals surface area contributed by atoms with Gasteiger partial charge in [0.1, 0.15) is 0 Å². The Kier molecular flexibility index (Phi) is 5.14. The predicted octanol–water partition coefficient (Wildman–Crippen LogP) is 0.877. The van der Waals surface area contributed by atoms with Crippen molar-refractivity contribution in [3.8, 4) is 11.5 Å². The van der Waals surface area contributed by atoms with Crippen molar-refractivity contribution in [1.82, 2.24) is 0 Å². The molecule has 0 atom stereocenters. The summed E-state index contributed by atoms with van der Waals surface area (Å²) >= 11 is 0. The number of anilines is 1. The monoisotopic (exact) mass is 366 g/mol. The Morgan fingerprint density at radius 2 is 1.38 bits per heavy atom. The summed E-state index contributed by atoms with van der Waals surface area (Å²) in [5.74, 6) is -0.171. The Bertz CT molecular complexity index is 1010. The highest BCUT2D eigenvalue weighted by Gasteiger charge is 2.12. The number of nitrogens with one attached hydrogen (secondary N) is 2. The second-order valence-corrected chi connectivity index (χ2v) is 6.09. The van der Waals surface area contributed by atoms with Gasteiger partial charge in [0.05, 0.1) is 16.5 Å². The molecule has 0 spiro atoms. The zero-order chi connectivity index (χ0) is 17.2. The van der Waals surface area contributed by atoms with Crippen molar-refractivity contribution < 1.29 is 27.6 Å².